The molecule has 0 fully saturated rings. The molecule has 3 heteroatoms. The molecule has 1 aromatic carbocycles. The van der Waals surface area contributed by atoms with Crippen LogP contribution in [0, 0.1) is 5.82 Å². The number of nitrogens with one attached hydrogen (secondary N) is 1. The highest BCUT2D eigenvalue weighted by molar-refractivity contribution is 5.22. The lowest BCUT2D eigenvalue weighted by molar-refractivity contribution is 0.626. The molecule has 0 spiro atoms. The molecule has 0 unspecified atom stereocenters. The summed E-state index contributed by atoms with van der Waals surface area (Å²) in [6, 6.07) is 6.44. The lowest BCUT2D eigenvalue weighted by Crippen LogP contribution is -2.08. The molecule has 0 amide bonds. The Morgan fingerprint density at radius 3 is 2.58 bits per heavy atom. The number of hydrazone groups is 1. The van der Waals surface area contributed by atoms with Crippen LogP contribution in [0.5, 0.6) is 0 Å². The molecular formula is C9H11FN2. The standard InChI is InChI=1S/C9H11FN2/c1-11-12-7-6-8-2-4-9(10)5-3-8/h2-5,12H,1,6-7H2. The SMILES string of the molecule is C=NNCCc1ccc(F)cc1. The van der Waals surface area contributed by atoms with Gasteiger partial charge in [-0.2, -0.15) is 5.10 Å². The van der Waals surface area contributed by atoms with Gasteiger partial charge in [0.2, 0.25) is 0 Å². The molecule has 1 N–H and O–H groups in total. The van der Waals surface area contributed by atoms with Crippen LogP contribution in [0.4, 0.5) is 4.39 Å². The summed E-state index contributed by atoms with van der Waals surface area (Å²) in [6.45, 7) is 4.02. The fraction of sp³-hybridized carbons (Fsp3) is 0.222. The van der Waals surface area contributed by atoms with E-state index in [2.05, 4.69) is 17.2 Å². The maximum atomic E-state index is 12.4. The van der Waals surface area contributed by atoms with Crippen molar-refractivity contribution in [1.82, 2.24) is 5.43 Å². The third-order valence-corrected chi connectivity index (χ3v) is 1.55. The van der Waals surface area contributed by atoms with Crippen molar-refractivity contribution in [3.8, 4) is 0 Å². The van der Waals surface area contributed by atoms with E-state index < -0.39 is 0 Å². The van der Waals surface area contributed by atoms with Gasteiger partial charge >= 0.3 is 0 Å². The molecule has 0 bridgehead atoms. The Morgan fingerprint density at radius 2 is 2.00 bits per heavy atom. The summed E-state index contributed by atoms with van der Waals surface area (Å²) in [7, 11) is 0. The largest absolute Gasteiger partial charge is 0.310 e. The van der Waals surface area contributed by atoms with Crippen molar-refractivity contribution < 1.29 is 4.39 Å². The van der Waals surface area contributed by atoms with Crippen LogP contribution < -0.4 is 5.43 Å². The molecule has 0 aliphatic rings. The average Bonchev–Trinajstić information content (AvgIpc) is 2.09. The fourth-order valence-electron chi connectivity index (χ4n) is 0.930. The molecule has 0 radical (unpaired) electrons. The zero-order valence-electron chi connectivity index (χ0n) is 6.76. The van der Waals surface area contributed by atoms with Gasteiger partial charge in [0, 0.05) is 13.3 Å². The first-order valence-corrected chi connectivity index (χ1v) is 3.76. The van der Waals surface area contributed by atoms with E-state index in [1.165, 1.54) is 12.1 Å². The van der Waals surface area contributed by atoms with Crippen molar-refractivity contribution in [3.05, 3.63) is 35.6 Å². The Kier molecular flexibility index (Phi) is 3.26. The molecule has 0 aliphatic carbocycles. The molecule has 1 aromatic rings. The molecule has 0 heterocycles. The quantitative estimate of drug-likeness (QED) is 0.410. The minimum absolute atomic E-state index is 0.200. The highest BCUT2D eigenvalue weighted by atomic mass is 19.1. The predicted molar refractivity (Wildman–Crippen MR) is 47.7 cm³/mol. The third-order valence-electron chi connectivity index (χ3n) is 1.55. The lowest BCUT2D eigenvalue weighted by Gasteiger charge is -1.99. The second-order valence-electron chi connectivity index (χ2n) is 2.44. The lowest BCUT2D eigenvalue weighted by atomic mass is 10.1. The maximum Gasteiger partial charge on any atom is 0.123 e. The van der Waals surface area contributed by atoms with Gasteiger partial charge in [-0.1, -0.05) is 12.1 Å². The van der Waals surface area contributed by atoms with Crippen LogP contribution in [0.2, 0.25) is 0 Å². The van der Waals surface area contributed by atoms with Crippen molar-refractivity contribution in [3.63, 3.8) is 0 Å². The normalized spacial score (nSPS) is 9.42. The Morgan fingerprint density at radius 1 is 1.33 bits per heavy atom. The highest BCUT2D eigenvalue weighted by Gasteiger charge is 1.92. The number of hydrogen-bond acceptors (Lipinski definition) is 2. The van der Waals surface area contributed by atoms with Gasteiger partial charge in [-0.05, 0) is 24.1 Å². The van der Waals surface area contributed by atoms with Gasteiger partial charge in [0.15, 0.2) is 0 Å². The molecule has 64 valence electrons. The van der Waals surface area contributed by atoms with E-state index >= 15 is 0 Å². The first kappa shape index (κ1) is 8.71. The Hall–Kier alpha value is -1.38. The number of nitrogens with zero attached hydrogens (tertiary/aromatic N) is 1. The number of halogens is 1. The minimum atomic E-state index is -0.200. The number of rotatable bonds is 4. The third kappa shape index (κ3) is 2.70. The number of benzene rings is 1. The summed E-state index contributed by atoms with van der Waals surface area (Å²) in [5.41, 5.74) is 3.82. The van der Waals surface area contributed by atoms with Gasteiger partial charge in [0.25, 0.3) is 0 Å². The van der Waals surface area contributed by atoms with Gasteiger partial charge in [-0.25, -0.2) is 4.39 Å². The van der Waals surface area contributed by atoms with Crippen molar-refractivity contribution >= 4 is 6.72 Å². The van der Waals surface area contributed by atoms with E-state index in [4.69, 9.17) is 0 Å². The molecule has 0 saturated heterocycles. The Balaban J connectivity index is 2.42. The van der Waals surface area contributed by atoms with Crippen molar-refractivity contribution in [1.29, 1.82) is 0 Å². The summed E-state index contributed by atoms with van der Waals surface area (Å²) in [5, 5.41) is 3.49. The van der Waals surface area contributed by atoms with Gasteiger partial charge in [-0.15, -0.1) is 0 Å². The van der Waals surface area contributed by atoms with Gasteiger partial charge < -0.3 is 5.43 Å². The average molecular weight is 166 g/mol. The molecule has 0 atom stereocenters. The number of hydrogen-bond donors (Lipinski definition) is 1. The maximum absolute atomic E-state index is 12.4. The zero-order chi connectivity index (χ0) is 8.81. The summed E-state index contributed by atoms with van der Waals surface area (Å²) in [4.78, 5) is 0. The molecule has 1 rings (SSSR count). The second kappa shape index (κ2) is 4.49. The van der Waals surface area contributed by atoms with Gasteiger partial charge in [0.05, 0.1) is 0 Å². The van der Waals surface area contributed by atoms with Crippen LogP contribution in [-0.4, -0.2) is 13.3 Å². The minimum Gasteiger partial charge on any atom is -0.310 e. The van der Waals surface area contributed by atoms with Crippen LogP contribution in [0.15, 0.2) is 29.4 Å². The summed E-state index contributed by atoms with van der Waals surface area (Å²) >= 11 is 0. The summed E-state index contributed by atoms with van der Waals surface area (Å²) < 4.78 is 12.4. The van der Waals surface area contributed by atoms with Crippen molar-refractivity contribution in [2.24, 2.45) is 5.10 Å². The first-order valence-electron chi connectivity index (χ1n) is 3.76. The molecule has 0 saturated carbocycles. The molecule has 12 heavy (non-hydrogen) atoms. The van der Waals surface area contributed by atoms with E-state index in [1.807, 2.05) is 0 Å². The van der Waals surface area contributed by atoms with Crippen LogP contribution in [-0.2, 0) is 6.42 Å². The molecule has 0 aliphatic heterocycles. The highest BCUT2D eigenvalue weighted by Crippen LogP contribution is 2.02. The summed E-state index contributed by atoms with van der Waals surface area (Å²) in [6.07, 6.45) is 0.833. The Labute approximate surface area is 71.1 Å². The van der Waals surface area contributed by atoms with Crippen molar-refractivity contribution in [2.45, 2.75) is 6.42 Å². The fourth-order valence-corrected chi connectivity index (χ4v) is 0.930. The predicted octanol–water partition coefficient (Wildman–Crippen LogP) is 1.57. The van der Waals surface area contributed by atoms with Crippen LogP contribution >= 0.6 is 0 Å². The van der Waals surface area contributed by atoms with Crippen LogP contribution in [0.3, 0.4) is 0 Å². The van der Waals surface area contributed by atoms with E-state index in [-0.39, 0.29) is 5.82 Å². The van der Waals surface area contributed by atoms with E-state index in [0.717, 1.165) is 18.5 Å². The zero-order valence-corrected chi connectivity index (χ0v) is 6.76. The van der Waals surface area contributed by atoms with E-state index in [0.29, 0.717) is 0 Å². The topological polar surface area (TPSA) is 24.4 Å². The summed E-state index contributed by atoms with van der Waals surface area (Å²) in [5.74, 6) is -0.200. The second-order valence-corrected chi connectivity index (χ2v) is 2.44. The van der Waals surface area contributed by atoms with E-state index in [9.17, 15) is 4.39 Å². The monoisotopic (exact) mass is 166 g/mol. The van der Waals surface area contributed by atoms with Crippen LogP contribution in [0.1, 0.15) is 5.56 Å². The molecule has 2 nitrogen and oxygen atoms in total. The first-order chi connectivity index (χ1) is 5.83. The van der Waals surface area contributed by atoms with Crippen molar-refractivity contribution in [2.75, 3.05) is 6.54 Å². The van der Waals surface area contributed by atoms with Gasteiger partial charge in [-0.3, -0.25) is 0 Å². The molecular weight excluding hydrogens is 155 g/mol. The molecule has 0 aromatic heterocycles. The smallest absolute Gasteiger partial charge is 0.123 e. The van der Waals surface area contributed by atoms with E-state index in [1.54, 1.807) is 12.1 Å². The van der Waals surface area contributed by atoms with Crippen LogP contribution in [0.25, 0.3) is 0 Å². The Bertz CT molecular complexity index is 243. The van der Waals surface area contributed by atoms with Gasteiger partial charge in [0.1, 0.15) is 5.82 Å².